The van der Waals surface area contributed by atoms with Crippen LogP contribution in [0.3, 0.4) is 0 Å². The maximum Gasteiger partial charge on any atom is 0.132 e. The normalized spacial score (nSPS) is 10.4. The number of nitrogens with zero attached hydrogens (tertiary/aromatic N) is 5. The van der Waals surface area contributed by atoms with E-state index in [-0.39, 0.29) is 0 Å². The van der Waals surface area contributed by atoms with Crippen LogP contribution in [-0.2, 0) is 6.54 Å². The summed E-state index contributed by atoms with van der Waals surface area (Å²) in [5, 5.41) is 7.53. The standard InChI is InChI=1S/C8H10N6/c1-6-10-4-7(8(9)12-6)5-14-3-2-11-13-14/h2-4H,5H2,1H3,(H2,9,10,12). The summed E-state index contributed by atoms with van der Waals surface area (Å²) >= 11 is 0. The van der Waals surface area contributed by atoms with Crippen LogP contribution in [0.5, 0.6) is 0 Å². The Labute approximate surface area is 80.8 Å². The van der Waals surface area contributed by atoms with Crippen LogP contribution in [-0.4, -0.2) is 25.0 Å². The van der Waals surface area contributed by atoms with E-state index in [9.17, 15) is 0 Å². The molecule has 6 nitrogen and oxygen atoms in total. The van der Waals surface area contributed by atoms with E-state index in [1.54, 1.807) is 30.2 Å². The van der Waals surface area contributed by atoms with Crippen molar-refractivity contribution in [3.05, 3.63) is 30.0 Å². The molecule has 0 spiro atoms. The smallest absolute Gasteiger partial charge is 0.132 e. The lowest BCUT2D eigenvalue weighted by molar-refractivity contribution is 0.647. The number of aryl methyl sites for hydroxylation is 1. The number of nitrogen functional groups attached to an aromatic ring is 1. The minimum atomic E-state index is 0.494. The molecular formula is C8H10N6. The van der Waals surface area contributed by atoms with Crippen LogP contribution in [0.1, 0.15) is 11.4 Å². The fourth-order valence-corrected chi connectivity index (χ4v) is 1.13. The predicted molar refractivity (Wildman–Crippen MR) is 50.3 cm³/mol. The summed E-state index contributed by atoms with van der Waals surface area (Å²) in [5.41, 5.74) is 6.57. The van der Waals surface area contributed by atoms with Gasteiger partial charge in [0.1, 0.15) is 11.6 Å². The lowest BCUT2D eigenvalue weighted by atomic mass is 10.3. The summed E-state index contributed by atoms with van der Waals surface area (Å²) < 4.78 is 1.67. The van der Waals surface area contributed by atoms with Crippen LogP contribution in [0.15, 0.2) is 18.6 Å². The zero-order valence-corrected chi connectivity index (χ0v) is 7.75. The average molecular weight is 190 g/mol. The van der Waals surface area contributed by atoms with Crippen LogP contribution in [0.2, 0.25) is 0 Å². The van der Waals surface area contributed by atoms with Crippen LogP contribution >= 0.6 is 0 Å². The lowest BCUT2D eigenvalue weighted by Crippen LogP contribution is -2.07. The van der Waals surface area contributed by atoms with E-state index < -0.39 is 0 Å². The van der Waals surface area contributed by atoms with Crippen molar-refractivity contribution in [3.63, 3.8) is 0 Å². The Bertz CT molecular complexity index is 421. The quantitative estimate of drug-likeness (QED) is 0.721. The van der Waals surface area contributed by atoms with Gasteiger partial charge in [-0.05, 0) is 6.92 Å². The summed E-state index contributed by atoms with van der Waals surface area (Å²) in [4.78, 5) is 8.13. The van der Waals surface area contributed by atoms with Crippen LogP contribution in [0.25, 0.3) is 0 Å². The highest BCUT2D eigenvalue weighted by Gasteiger charge is 2.02. The van der Waals surface area contributed by atoms with E-state index in [4.69, 9.17) is 5.73 Å². The average Bonchev–Trinajstić information content (AvgIpc) is 2.62. The summed E-state index contributed by atoms with van der Waals surface area (Å²) in [6.07, 6.45) is 5.09. The lowest BCUT2D eigenvalue weighted by Gasteiger charge is -2.03. The van der Waals surface area contributed by atoms with Gasteiger partial charge in [0.15, 0.2) is 0 Å². The van der Waals surface area contributed by atoms with Crippen molar-refractivity contribution < 1.29 is 0 Å². The molecule has 6 heteroatoms. The molecule has 0 saturated carbocycles. The second-order valence-corrected chi connectivity index (χ2v) is 2.93. The highest BCUT2D eigenvalue weighted by molar-refractivity contribution is 5.37. The molecule has 0 aliphatic heterocycles. The second-order valence-electron chi connectivity index (χ2n) is 2.93. The Morgan fingerprint density at radius 2 is 2.36 bits per heavy atom. The number of anilines is 1. The summed E-state index contributed by atoms with van der Waals surface area (Å²) in [6, 6.07) is 0. The molecule has 2 rings (SSSR count). The van der Waals surface area contributed by atoms with Gasteiger partial charge in [0.2, 0.25) is 0 Å². The first-order valence-electron chi connectivity index (χ1n) is 4.18. The summed E-state index contributed by atoms with van der Waals surface area (Å²) in [5.74, 6) is 1.16. The molecular weight excluding hydrogens is 180 g/mol. The zero-order chi connectivity index (χ0) is 9.97. The first-order chi connectivity index (χ1) is 6.75. The minimum Gasteiger partial charge on any atom is -0.383 e. The molecule has 0 aliphatic rings. The highest BCUT2D eigenvalue weighted by atomic mass is 15.4. The van der Waals surface area contributed by atoms with Crippen molar-refractivity contribution in [2.75, 3.05) is 5.73 Å². The molecule has 72 valence electrons. The first-order valence-corrected chi connectivity index (χ1v) is 4.18. The van der Waals surface area contributed by atoms with Gasteiger partial charge >= 0.3 is 0 Å². The SMILES string of the molecule is Cc1ncc(Cn2ccnn2)c(N)n1. The molecule has 2 N–H and O–H groups in total. The topological polar surface area (TPSA) is 82.5 Å². The molecule has 0 unspecified atom stereocenters. The molecule has 2 aromatic rings. The van der Waals surface area contributed by atoms with E-state index in [0.717, 1.165) is 5.56 Å². The Kier molecular flexibility index (Phi) is 2.10. The minimum absolute atomic E-state index is 0.494. The van der Waals surface area contributed by atoms with Gasteiger partial charge in [0, 0.05) is 18.0 Å². The van der Waals surface area contributed by atoms with Crippen LogP contribution < -0.4 is 5.73 Å². The molecule has 2 aromatic heterocycles. The highest BCUT2D eigenvalue weighted by Crippen LogP contribution is 2.07. The number of hydrogen-bond donors (Lipinski definition) is 1. The number of nitrogens with two attached hydrogens (primary N) is 1. The Morgan fingerprint density at radius 1 is 1.50 bits per heavy atom. The van der Waals surface area contributed by atoms with E-state index in [1.807, 2.05) is 0 Å². The summed E-state index contributed by atoms with van der Waals surface area (Å²) in [6.45, 7) is 2.35. The molecule has 14 heavy (non-hydrogen) atoms. The number of aromatic nitrogens is 5. The van der Waals surface area contributed by atoms with Crippen molar-refractivity contribution in [2.45, 2.75) is 13.5 Å². The van der Waals surface area contributed by atoms with Crippen LogP contribution in [0, 0.1) is 6.92 Å². The third-order valence-corrected chi connectivity index (χ3v) is 1.82. The molecule has 0 bridgehead atoms. The van der Waals surface area contributed by atoms with Gasteiger partial charge in [0.05, 0.1) is 12.7 Å². The Morgan fingerprint density at radius 3 is 3.00 bits per heavy atom. The number of rotatable bonds is 2. The summed E-state index contributed by atoms with van der Waals surface area (Å²) in [7, 11) is 0. The third-order valence-electron chi connectivity index (χ3n) is 1.82. The molecule has 0 aliphatic carbocycles. The Balaban J connectivity index is 2.25. The van der Waals surface area contributed by atoms with Gasteiger partial charge in [0.25, 0.3) is 0 Å². The van der Waals surface area contributed by atoms with Crippen molar-refractivity contribution >= 4 is 5.82 Å². The van der Waals surface area contributed by atoms with Gasteiger partial charge in [-0.1, -0.05) is 5.21 Å². The molecule has 0 atom stereocenters. The van der Waals surface area contributed by atoms with Gasteiger partial charge in [-0.2, -0.15) is 0 Å². The monoisotopic (exact) mass is 190 g/mol. The van der Waals surface area contributed by atoms with Crippen LogP contribution in [0.4, 0.5) is 5.82 Å². The van der Waals surface area contributed by atoms with E-state index in [1.165, 1.54) is 0 Å². The molecule has 0 saturated heterocycles. The van der Waals surface area contributed by atoms with Gasteiger partial charge in [-0.15, -0.1) is 5.10 Å². The van der Waals surface area contributed by atoms with Crippen molar-refractivity contribution in [1.29, 1.82) is 0 Å². The van der Waals surface area contributed by atoms with Gasteiger partial charge < -0.3 is 5.73 Å². The second kappa shape index (κ2) is 3.41. The van der Waals surface area contributed by atoms with Crippen molar-refractivity contribution in [3.8, 4) is 0 Å². The molecule has 2 heterocycles. The maximum absolute atomic E-state index is 5.73. The number of hydrogen-bond acceptors (Lipinski definition) is 5. The zero-order valence-electron chi connectivity index (χ0n) is 7.75. The first kappa shape index (κ1) is 8.61. The predicted octanol–water partition coefficient (Wildman–Crippen LogP) is 0.00702. The van der Waals surface area contributed by atoms with Crippen molar-refractivity contribution in [1.82, 2.24) is 25.0 Å². The molecule has 0 aromatic carbocycles. The van der Waals surface area contributed by atoms with E-state index in [2.05, 4.69) is 20.3 Å². The van der Waals surface area contributed by atoms with Gasteiger partial charge in [-0.25, -0.2) is 14.6 Å². The Hall–Kier alpha value is -1.98. The molecule has 0 amide bonds. The largest absolute Gasteiger partial charge is 0.383 e. The van der Waals surface area contributed by atoms with Crippen molar-refractivity contribution in [2.24, 2.45) is 0 Å². The molecule has 0 fully saturated rings. The molecule has 0 radical (unpaired) electrons. The van der Waals surface area contributed by atoms with Gasteiger partial charge in [-0.3, -0.25) is 0 Å². The maximum atomic E-state index is 5.73. The fraction of sp³-hybridized carbons (Fsp3) is 0.250. The third kappa shape index (κ3) is 1.68. The van der Waals surface area contributed by atoms with E-state index >= 15 is 0 Å². The fourth-order valence-electron chi connectivity index (χ4n) is 1.13. The van der Waals surface area contributed by atoms with E-state index in [0.29, 0.717) is 18.2 Å².